The summed E-state index contributed by atoms with van der Waals surface area (Å²) >= 11 is 0. The fraction of sp³-hybridized carbons (Fsp3) is 0.500. The van der Waals surface area contributed by atoms with Gasteiger partial charge in [-0.25, -0.2) is 0 Å². The Morgan fingerprint density at radius 1 is 1.00 bits per heavy atom. The van der Waals surface area contributed by atoms with E-state index < -0.39 is 0 Å². The summed E-state index contributed by atoms with van der Waals surface area (Å²) < 4.78 is 0. The van der Waals surface area contributed by atoms with E-state index in [9.17, 15) is 0 Å². The Morgan fingerprint density at radius 2 is 1.54 bits per heavy atom. The quantitative estimate of drug-likeness (QED) is 0.613. The Kier molecular flexibility index (Phi) is 3.59. The summed E-state index contributed by atoms with van der Waals surface area (Å²) in [5.74, 6) is 1.30. The Morgan fingerprint density at radius 3 is 1.92 bits per heavy atom. The minimum Gasteiger partial charge on any atom is -0.0732 e. The maximum atomic E-state index is 5.97. The van der Waals surface area contributed by atoms with Crippen LogP contribution in [0.15, 0.2) is 30.3 Å². The van der Waals surface area contributed by atoms with Crippen LogP contribution in [0.5, 0.6) is 0 Å². The third kappa shape index (κ3) is 2.62. The molecule has 0 saturated heterocycles. The highest BCUT2D eigenvalue weighted by atomic mass is 14.2. The average molecular weight is 172 g/mol. The first-order valence-electron chi connectivity index (χ1n) is 4.93. The zero-order valence-corrected chi connectivity index (χ0v) is 8.70. The van der Waals surface area contributed by atoms with Crippen molar-refractivity contribution in [3.05, 3.63) is 35.9 Å². The molecule has 1 aromatic carbocycles. The lowest BCUT2D eigenvalue weighted by atomic mass is 9.70. The molecule has 0 amide bonds. The maximum absolute atomic E-state index is 5.97. The molecule has 0 N–H and O–H groups in total. The van der Waals surface area contributed by atoms with Crippen molar-refractivity contribution in [2.75, 3.05) is 0 Å². The Bertz CT molecular complexity index is 231. The summed E-state index contributed by atoms with van der Waals surface area (Å²) in [6, 6.07) is 10.5. The van der Waals surface area contributed by atoms with Gasteiger partial charge in [0, 0.05) is 0 Å². The van der Waals surface area contributed by atoms with Gasteiger partial charge in [0.2, 0.25) is 0 Å². The topological polar surface area (TPSA) is 0 Å². The number of rotatable bonds is 3. The molecule has 0 heterocycles. The van der Waals surface area contributed by atoms with Crippen LogP contribution in [0.25, 0.3) is 0 Å². The van der Waals surface area contributed by atoms with Crippen LogP contribution in [0, 0.1) is 5.92 Å². The molecule has 0 bridgehead atoms. The Balaban J connectivity index is 2.89. The van der Waals surface area contributed by atoms with Crippen molar-refractivity contribution in [1.29, 1.82) is 0 Å². The molecule has 0 aliphatic heterocycles. The van der Waals surface area contributed by atoms with Gasteiger partial charge in [-0.15, -0.1) is 0 Å². The minimum absolute atomic E-state index is 0.224. The predicted octanol–water partition coefficient (Wildman–Crippen LogP) is 3.40. The smallest absolute Gasteiger partial charge is 0.0704 e. The second-order valence-electron chi connectivity index (χ2n) is 4.04. The van der Waals surface area contributed by atoms with Crippen molar-refractivity contribution in [3.63, 3.8) is 0 Å². The molecular weight excluding hydrogens is 155 g/mol. The van der Waals surface area contributed by atoms with Crippen LogP contribution in [0.2, 0.25) is 5.82 Å². The van der Waals surface area contributed by atoms with Crippen molar-refractivity contribution >= 4 is 7.85 Å². The van der Waals surface area contributed by atoms with Crippen LogP contribution in [-0.4, -0.2) is 7.85 Å². The summed E-state index contributed by atoms with van der Waals surface area (Å²) in [7, 11) is 5.97. The molecular formula is C12H17B. The predicted molar refractivity (Wildman–Crippen MR) is 59.2 cm³/mol. The van der Waals surface area contributed by atoms with E-state index in [2.05, 4.69) is 45.0 Å². The molecule has 0 aliphatic rings. The Labute approximate surface area is 82.8 Å². The summed E-state index contributed by atoms with van der Waals surface area (Å²) in [4.78, 5) is 0. The fourth-order valence-corrected chi connectivity index (χ4v) is 1.97. The van der Waals surface area contributed by atoms with Crippen LogP contribution in [0.1, 0.15) is 32.3 Å². The van der Waals surface area contributed by atoms with E-state index >= 15 is 0 Å². The van der Waals surface area contributed by atoms with Gasteiger partial charge in [-0.3, -0.25) is 0 Å². The molecule has 2 radical (unpaired) electrons. The van der Waals surface area contributed by atoms with Gasteiger partial charge in [-0.2, -0.15) is 0 Å². The molecule has 0 nitrogen and oxygen atoms in total. The van der Waals surface area contributed by atoms with Crippen LogP contribution < -0.4 is 0 Å². The summed E-state index contributed by atoms with van der Waals surface area (Å²) in [5.41, 5.74) is 1.35. The summed E-state index contributed by atoms with van der Waals surface area (Å²) in [6.45, 7) is 6.53. The zero-order valence-electron chi connectivity index (χ0n) is 8.70. The van der Waals surface area contributed by atoms with Gasteiger partial charge in [0.1, 0.15) is 0 Å². The molecule has 2 atom stereocenters. The molecule has 1 rings (SSSR count). The normalized spacial score (nSPS) is 15.7. The lowest BCUT2D eigenvalue weighted by molar-refractivity contribution is 0.485. The highest BCUT2D eigenvalue weighted by Gasteiger charge is 2.18. The number of benzene rings is 1. The van der Waals surface area contributed by atoms with E-state index in [-0.39, 0.29) is 5.82 Å². The standard InChI is InChI=1S/C12H17B/c1-9(2)12(10(3)13)11-7-5-4-6-8-11/h4-10,12H,1-3H3/t10-,12+/m1/s1. The fourth-order valence-electron chi connectivity index (χ4n) is 1.97. The van der Waals surface area contributed by atoms with Crippen LogP contribution in [0.3, 0.4) is 0 Å². The largest absolute Gasteiger partial charge is 0.0732 e. The van der Waals surface area contributed by atoms with Gasteiger partial charge in [0.25, 0.3) is 0 Å². The van der Waals surface area contributed by atoms with Gasteiger partial charge in [0.15, 0.2) is 0 Å². The molecule has 1 aromatic rings. The molecule has 0 unspecified atom stereocenters. The second-order valence-corrected chi connectivity index (χ2v) is 4.04. The van der Waals surface area contributed by atoms with Crippen molar-refractivity contribution in [1.82, 2.24) is 0 Å². The third-order valence-corrected chi connectivity index (χ3v) is 2.47. The molecule has 1 heteroatoms. The van der Waals surface area contributed by atoms with E-state index in [4.69, 9.17) is 7.85 Å². The SMILES string of the molecule is [B][C@H](C)[C@@H](c1ccccc1)C(C)C. The van der Waals surface area contributed by atoms with Gasteiger partial charge in [0.05, 0.1) is 7.85 Å². The van der Waals surface area contributed by atoms with E-state index in [1.54, 1.807) is 0 Å². The highest BCUT2D eigenvalue weighted by molar-refractivity contribution is 6.11. The van der Waals surface area contributed by atoms with E-state index in [1.165, 1.54) is 5.56 Å². The highest BCUT2D eigenvalue weighted by Crippen LogP contribution is 2.33. The minimum atomic E-state index is 0.224. The van der Waals surface area contributed by atoms with Gasteiger partial charge in [-0.05, 0) is 17.4 Å². The van der Waals surface area contributed by atoms with Gasteiger partial charge >= 0.3 is 0 Å². The molecule has 0 fully saturated rings. The maximum Gasteiger partial charge on any atom is 0.0704 e. The van der Waals surface area contributed by atoms with Crippen molar-refractivity contribution in [3.8, 4) is 0 Å². The second kappa shape index (κ2) is 4.50. The molecule has 0 aliphatic carbocycles. The van der Waals surface area contributed by atoms with Crippen molar-refractivity contribution < 1.29 is 0 Å². The molecule has 0 saturated carbocycles. The van der Waals surface area contributed by atoms with Crippen LogP contribution in [0.4, 0.5) is 0 Å². The first-order valence-corrected chi connectivity index (χ1v) is 4.93. The van der Waals surface area contributed by atoms with Crippen molar-refractivity contribution in [2.24, 2.45) is 5.92 Å². The number of hydrogen-bond donors (Lipinski definition) is 0. The molecule has 68 valence electrons. The molecule has 13 heavy (non-hydrogen) atoms. The lowest BCUT2D eigenvalue weighted by Gasteiger charge is -2.25. The van der Waals surface area contributed by atoms with Crippen LogP contribution in [-0.2, 0) is 0 Å². The number of hydrogen-bond acceptors (Lipinski definition) is 0. The zero-order chi connectivity index (χ0) is 9.84. The first-order chi connectivity index (χ1) is 6.13. The first kappa shape index (κ1) is 10.4. The summed E-state index contributed by atoms with van der Waals surface area (Å²) in [6.07, 6.45) is 0. The lowest BCUT2D eigenvalue weighted by Crippen LogP contribution is -2.11. The van der Waals surface area contributed by atoms with Gasteiger partial charge in [-0.1, -0.05) is 56.9 Å². The van der Waals surface area contributed by atoms with E-state index in [0.29, 0.717) is 11.8 Å². The average Bonchev–Trinajstić information content (AvgIpc) is 2.04. The van der Waals surface area contributed by atoms with E-state index in [0.717, 1.165) is 0 Å². The monoisotopic (exact) mass is 172 g/mol. The van der Waals surface area contributed by atoms with Crippen LogP contribution >= 0.6 is 0 Å². The Hall–Kier alpha value is -0.715. The van der Waals surface area contributed by atoms with Crippen molar-refractivity contribution in [2.45, 2.75) is 32.5 Å². The van der Waals surface area contributed by atoms with Gasteiger partial charge < -0.3 is 0 Å². The molecule has 0 spiro atoms. The molecule has 0 aromatic heterocycles. The van der Waals surface area contributed by atoms with E-state index in [1.807, 2.05) is 6.07 Å². The third-order valence-electron chi connectivity index (χ3n) is 2.47. The summed E-state index contributed by atoms with van der Waals surface area (Å²) in [5, 5.41) is 0.